The fourth-order valence-electron chi connectivity index (χ4n) is 4.58. The number of nitrogens with one attached hydrogen (secondary N) is 1. The van der Waals surface area contributed by atoms with Crippen LogP contribution in [0.15, 0.2) is 23.2 Å². The standard InChI is InChI=1S/C23H32N4OS2/c1-3-12-27-22(19-14-29-20-13-16(2)10-11-18(19)20)25-26-23(27)30-15-21(28)24-17-8-6-4-5-7-9-17/h3,14,16-17H,1,4-13,15H2,2H3,(H,24,28). The lowest BCUT2D eigenvalue weighted by Gasteiger charge is -2.19. The fraction of sp³-hybridized carbons (Fsp3) is 0.609. The molecule has 0 aromatic carbocycles. The monoisotopic (exact) mass is 444 g/mol. The summed E-state index contributed by atoms with van der Waals surface area (Å²) in [5.41, 5.74) is 2.66. The molecule has 7 heteroatoms. The Morgan fingerprint density at radius 2 is 2.10 bits per heavy atom. The van der Waals surface area contributed by atoms with Gasteiger partial charge in [-0.05, 0) is 43.6 Å². The Morgan fingerprint density at radius 3 is 2.87 bits per heavy atom. The molecule has 0 radical (unpaired) electrons. The molecule has 1 unspecified atom stereocenters. The molecule has 1 amide bonds. The molecule has 1 fully saturated rings. The molecule has 2 aromatic rings. The molecule has 30 heavy (non-hydrogen) atoms. The highest BCUT2D eigenvalue weighted by Gasteiger charge is 2.24. The van der Waals surface area contributed by atoms with Gasteiger partial charge < -0.3 is 5.32 Å². The van der Waals surface area contributed by atoms with Crippen LogP contribution in [0.3, 0.4) is 0 Å². The van der Waals surface area contributed by atoms with Crippen molar-refractivity contribution in [3.05, 3.63) is 28.5 Å². The maximum Gasteiger partial charge on any atom is 0.230 e. The largest absolute Gasteiger partial charge is 0.353 e. The average molecular weight is 445 g/mol. The van der Waals surface area contributed by atoms with Gasteiger partial charge in [0.2, 0.25) is 5.91 Å². The van der Waals surface area contributed by atoms with Crippen molar-refractivity contribution in [2.45, 2.75) is 82.5 Å². The summed E-state index contributed by atoms with van der Waals surface area (Å²) in [5.74, 6) is 2.15. The van der Waals surface area contributed by atoms with Crippen LogP contribution in [-0.4, -0.2) is 32.5 Å². The summed E-state index contributed by atoms with van der Waals surface area (Å²) in [6, 6.07) is 0.335. The van der Waals surface area contributed by atoms with Crippen molar-refractivity contribution in [2.75, 3.05) is 5.75 Å². The Hall–Kier alpha value is -1.60. The Bertz CT molecular complexity index is 880. The second-order valence-corrected chi connectivity index (χ2v) is 10.6. The van der Waals surface area contributed by atoms with E-state index in [2.05, 4.69) is 39.0 Å². The van der Waals surface area contributed by atoms with E-state index in [9.17, 15) is 4.79 Å². The predicted molar refractivity (Wildman–Crippen MR) is 125 cm³/mol. The third kappa shape index (κ3) is 4.99. The Morgan fingerprint density at radius 1 is 1.30 bits per heavy atom. The summed E-state index contributed by atoms with van der Waals surface area (Å²) in [7, 11) is 0. The molecule has 0 saturated heterocycles. The summed E-state index contributed by atoms with van der Waals surface area (Å²) < 4.78 is 2.11. The first-order valence-electron chi connectivity index (χ1n) is 11.2. The van der Waals surface area contributed by atoms with E-state index in [-0.39, 0.29) is 5.91 Å². The smallest absolute Gasteiger partial charge is 0.230 e. The Kier molecular flexibility index (Phi) is 7.31. The van der Waals surface area contributed by atoms with E-state index < -0.39 is 0 Å². The maximum absolute atomic E-state index is 12.5. The van der Waals surface area contributed by atoms with E-state index >= 15 is 0 Å². The number of nitrogens with zero attached hydrogens (tertiary/aromatic N) is 3. The molecular formula is C23H32N4OS2. The van der Waals surface area contributed by atoms with Gasteiger partial charge in [0.05, 0.1) is 5.75 Å². The van der Waals surface area contributed by atoms with Crippen LogP contribution in [0, 0.1) is 5.92 Å². The number of carbonyl (C=O) groups excluding carboxylic acids is 1. The minimum atomic E-state index is 0.100. The minimum absolute atomic E-state index is 0.100. The molecule has 2 aliphatic rings. The topological polar surface area (TPSA) is 59.8 Å². The van der Waals surface area contributed by atoms with Gasteiger partial charge in [-0.3, -0.25) is 9.36 Å². The number of amides is 1. The zero-order valence-corrected chi connectivity index (χ0v) is 19.5. The van der Waals surface area contributed by atoms with Crippen molar-refractivity contribution >= 4 is 29.0 Å². The average Bonchev–Trinajstić information content (AvgIpc) is 3.22. The van der Waals surface area contributed by atoms with Crippen molar-refractivity contribution in [3.63, 3.8) is 0 Å². The number of hydrogen-bond donors (Lipinski definition) is 1. The lowest BCUT2D eigenvalue weighted by atomic mass is 9.88. The fourth-order valence-corrected chi connectivity index (χ4v) is 6.58. The normalized spacial score (nSPS) is 19.8. The number of thioether (sulfide) groups is 1. The van der Waals surface area contributed by atoms with Crippen LogP contribution in [0.1, 0.15) is 62.3 Å². The van der Waals surface area contributed by atoms with Gasteiger partial charge in [-0.2, -0.15) is 0 Å². The molecule has 2 aromatic heterocycles. The van der Waals surface area contributed by atoms with Crippen molar-refractivity contribution in [2.24, 2.45) is 5.92 Å². The van der Waals surface area contributed by atoms with Crippen LogP contribution >= 0.6 is 23.1 Å². The van der Waals surface area contributed by atoms with Crippen LogP contribution in [0.4, 0.5) is 0 Å². The Labute approximate surface area is 187 Å². The highest BCUT2D eigenvalue weighted by atomic mass is 32.2. The quantitative estimate of drug-likeness (QED) is 0.360. The lowest BCUT2D eigenvalue weighted by Crippen LogP contribution is -2.35. The highest BCUT2D eigenvalue weighted by molar-refractivity contribution is 7.99. The first kappa shape index (κ1) is 21.6. The molecule has 162 valence electrons. The van der Waals surface area contributed by atoms with Gasteiger partial charge in [0.1, 0.15) is 0 Å². The van der Waals surface area contributed by atoms with E-state index in [1.54, 1.807) is 0 Å². The molecule has 5 nitrogen and oxygen atoms in total. The van der Waals surface area contributed by atoms with Gasteiger partial charge in [0.25, 0.3) is 0 Å². The van der Waals surface area contributed by atoms with Crippen LogP contribution in [-0.2, 0) is 24.2 Å². The van der Waals surface area contributed by atoms with Crippen molar-refractivity contribution in [1.29, 1.82) is 0 Å². The number of hydrogen-bond acceptors (Lipinski definition) is 5. The summed E-state index contributed by atoms with van der Waals surface area (Å²) in [6.07, 6.45) is 12.6. The van der Waals surface area contributed by atoms with Gasteiger partial charge in [-0.25, -0.2) is 0 Å². The second-order valence-electron chi connectivity index (χ2n) is 8.65. The number of fused-ring (bicyclic) bond motifs is 1. The number of carbonyl (C=O) groups is 1. The number of allylic oxidation sites excluding steroid dienone is 1. The number of aromatic nitrogens is 3. The van der Waals surface area contributed by atoms with E-state index in [1.165, 1.54) is 66.3 Å². The third-order valence-electron chi connectivity index (χ3n) is 6.22. The maximum atomic E-state index is 12.5. The van der Waals surface area contributed by atoms with Gasteiger partial charge in [-0.15, -0.1) is 28.1 Å². The molecule has 0 spiro atoms. The van der Waals surface area contributed by atoms with Crippen molar-refractivity contribution < 1.29 is 4.79 Å². The van der Waals surface area contributed by atoms with Gasteiger partial charge in [-0.1, -0.05) is 50.4 Å². The SMILES string of the molecule is C=CCn1c(SCC(=O)NC2CCCCCC2)nnc1-c1csc2c1CCC(C)C2. The number of thiophene rings is 1. The van der Waals surface area contributed by atoms with Crippen LogP contribution in [0.2, 0.25) is 0 Å². The summed E-state index contributed by atoms with van der Waals surface area (Å²) in [6.45, 7) is 6.90. The molecule has 4 rings (SSSR count). The molecule has 1 atom stereocenters. The third-order valence-corrected chi connectivity index (χ3v) is 8.24. The van der Waals surface area contributed by atoms with E-state index in [0.29, 0.717) is 18.3 Å². The molecule has 1 N–H and O–H groups in total. The van der Waals surface area contributed by atoms with Gasteiger partial charge in [0, 0.05) is 28.4 Å². The molecule has 0 bridgehead atoms. The number of rotatable bonds is 7. The summed E-state index contributed by atoms with van der Waals surface area (Å²) in [4.78, 5) is 14.0. The van der Waals surface area contributed by atoms with Gasteiger partial charge >= 0.3 is 0 Å². The molecule has 0 aliphatic heterocycles. The van der Waals surface area contributed by atoms with Crippen LogP contribution in [0.25, 0.3) is 11.4 Å². The Balaban J connectivity index is 1.45. The van der Waals surface area contributed by atoms with Crippen molar-refractivity contribution in [3.8, 4) is 11.4 Å². The van der Waals surface area contributed by atoms with Gasteiger partial charge in [0.15, 0.2) is 11.0 Å². The van der Waals surface area contributed by atoms with E-state index in [0.717, 1.165) is 36.2 Å². The van der Waals surface area contributed by atoms with Crippen LogP contribution in [0.5, 0.6) is 0 Å². The first-order chi connectivity index (χ1) is 14.7. The lowest BCUT2D eigenvalue weighted by molar-refractivity contribution is -0.119. The molecule has 2 aliphatic carbocycles. The summed E-state index contributed by atoms with van der Waals surface area (Å²) in [5, 5.41) is 15.2. The zero-order chi connectivity index (χ0) is 20.9. The minimum Gasteiger partial charge on any atom is -0.353 e. The van der Waals surface area contributed by atoms with E-state index in [1.807, 2.05) is 17.4 Å². The predicted octanol–water partition coefficient (Wildman–Crippen LogP) is 5.25. The zero-order valence-electron chi connectivity index (χ0n) is 17.9. The summed E-state index contributed by atoms with van der Waals surface area (Å²) >= 11 is 3.33. The highest BCUT2D eigenvalue weighted by Crippen LogP contribution is 2.38. The molecular weight excluding hydrogens is 412 g/mol. The molecule has 1 saturated carbocycles. The van der Waals surface area contributed by atoms with Crippen LogP contribution < -0.4 is 5.32 Å². The second kappa shape index (κ2) is 10.1. The van der Waals surface area contributed by atoms with Crippen molar-refractivity contribution in [1.82, 2.24) is 20.1 Å². The van der Waals surface area contributed by atoms with E-state index in [4.69, 9.17) is 0 Å². The first-order valence-corrected chi connectivity index (χ1v) is 13.1. The molecule has 2 heterocycles.